The maximum atomic E-state index is 11.9. The minimum atomic E-state index is -4.69. The van der Waals surface area contributed by atoms with Crippen LogP contribution in [0.25, 0.3) is 0 Å². The van der Waals surface area contributed by atoms with Gasteiger partial charge in [0.05, 0.1) is 6.10 Å². The molecule has 0 spiro atoms. The Balaban J connectivity index is 1.95. The number of aliphatic hydroxyl groups excluding tert-OH is 1. The molecule has 0 amide bonds. The van der Waals surface area contributed by atoms with Crippen LogP contribution < -0.4 is 9.47 Å². The first-order chi connectivity index (χ1) is 8.44. The van der Waals surface area contributed by atoms with Gasteiger partial charge in [0.2, 0.25) is 0 Å². The Morgan fingerprint density at radius 3 is 2.17 bits per heavy atom. The van der Waals surface area contributed by atoms with Crippen LogP contribution in [0.5, 0.6) is 11.5 Å². The van der Waals surface area contributed by atoms with Gasteiger partial charge in [-0.1, -0.05) is 0 Å². The Kier molecular flexibility index (Phi) is 3.65. The summed E-state index contributed by atoms with van der Waals surface area (Å²) in [5, 5.41) is 9.56. The number of ether oxygens (including phenoxy) is 2. The lowest BCUT2D eigenvalue weighted by Gasteiger charge is -2.17. The Labute approximate surface area is 102 Å². The fourth-order valence-electron chi connectivity index (χ4n) is 1.94. The number of benzene rings is 1. The van der Waals surface area contributed by atoms with E-state index in [0.29, 0.717) is 12.2 Å². The van der Waals surface area contributed by atoms with E-state index in [1.54, 1.807) is 0 Å². The zero-order valence-electron chi connectivity index (χ0n) is 9.48. The zero-order chi connectivity index (χ0) is 13.2. The molecule has 0 radical (unpaired) electrons. The lowest BCUT2D eigenvalue weighted by Crippen LogP contribution is -2.25. The molecule has 1 fully saturated rings. The Morgan fingerprint density at radius 1 is 1.06 bits per heavy atom. The molecule has 0 aromatic heterocycles. The van der Waals surface area contributed by atoms with E-state index in [-0.39, 0.29) is 11.9 Å². The number of rotatable bonds is 3. The van der Waals surface area contributed by atoms with Crippen molar-refractivity contribution in [3.8, 4) is 11.5 Å². The van der Waals surface area contributed by atoms with Crippen LogP contribution in [0, 0.1) is 0 Å². The number of alkyl halides is 3. The van der Waals surface area contributed by atoms with Crippen LogP contribution >= 0.6 is 0 Å². The van der Waals surface area contributed by atoms with Gasteiger partial charge in [0.25, 0.3) is 0 Å². The molecule has 100 valence electrons. The van der Waals surface area contributed by atoms with E-state index in [4.69, 9.17) is 4.74 Å². The second-order valence-electron chi connectivity index (χ2n) is 4.17. The van der Waals surface area contributed by atoms with Gasteiger partial charge < -0.3 is 14.6 Å². The Hall–Kier alpha value is -1.43. The van der Waals surface area contributed by atoms with E-state index in [9.17, 15) is 18.3 Å². The summed E-state index contributed by atoms with van der Waals surface area (Å²) in [6.07, 6.45) is -3.14. The number of hydrogen-bond donors (Lipinski definition) is 1. The molecule has 1 aliphatic carbocycles. The van der Waals surface area contributed by atoms with Gasteiger partial charge in [-0.3, -0.25) is 0 Å². The second kappa shape index (κ2) is 5.06. The van der Waals surface area contributed by atoms with Gasteiger partial charge in [-0.15, -0.1) is 13.2 Å². The van der Waals surface area contributed by atoms with Gasteiger partial charge >= 0.3 is 6.36 Å². The summed E-state index contributed by atoms with van der Waals surface area (Å²) in [4.78, 5) is 0. The molecule has 2 rings (SSSR count). The maximum Gasteiger partial charge on any atom is 0.573 e. The number of aliphatic hydroxyl groups is 1. The van der Waals surface area contributed by atoms with Crippen LogP contribution in [0.3, 0.4) is 0 Å². The minimum absolute atomic E-state index is 0.278. The summed E-state index contributed by atoms with van der Waals surface area (Å²) in [6, 6.07) is 5.16. The van der Waals surface area contributed by atoms with Crippen molar-refractivity contribution in [1.29, 1.82) is 0 Å². The van der Waals surface area contributed by atoms with Crippen molar-refractivity contribution in [3.05, 3.63) is 24.3 Å². The number of halogens is 3. The van der Waals surface area contributed by atoms with Gasteiger partial charge in [0, 0.05) is 0 Å². The third kappa shape index (κ3) is 3.53. The van der Waals surface area contributed by atoms with Crippen molar-refractivity contribution in [2.75, 3.05) is 0 Å². The second-order valence-corrected chi connectivity index (χ2v) is 4.17. The van der Waals surface area contributed by atoms with E-state index in [1.807, 2.05) is 0 Å². The van der Waals surface area contributed by atoms with Crippen molar-refractivity contribution in [1.82, 2.24) is 0 Å². The molecular formula is C12H13F3O3. The first-order valence-electron chi connectivity index (χ1n) is 5.64. The molecule has 0 aliphatic heterocycles. The molecule has 0 bridgehead atoms. The lowest BCUT2D eigenvalue weighted by molar-refractivity contribution is -0.274. The molecule has 1 aliphatic rings. The fraction of sp³-hybridized carbons (Fsp3) is 0.500. The van der Waals surface area contributed by atoms with E-state index < -0.39 is 12.5 Å². The van der Waals surface area contributed by atoms with Crippen LogP contribution in [-0.2, 0) is 0 Å². The van der Waals surface area contributed by atoms with Gasteiger partial charge in [0.15, 0.2) is 0 Å². The first-order valence-corrected chi connectivity index (χ1v) is 5.64. The first kappa shape index (κ1) is 13.0. The van der Waals surface area contributed by atoms with Crippen molar-refractivity contribution in [2.45, 2.75) is 37.8 Å². The quantitative estimate of drug-likeness (QED) is 0.910. The average Bonchev–Trinajstić information content (AvgIpc) is 2.65. The molecule has 3 nitrogen and oxygen atoms in total. The predicted octanol–water partition coefficient (Wildman–Crippen LogP) is 2.88. The number of hydrogen-bond acceptors (Lipinski definition) is 3. The Bertz CT molecular complexity index is 389. The van der Waals surface area contributed by atoms with Crippen molar-refractivity contribution in [2.24, 2.45) is 0 Å². The average molecular weight is 262 g/mol. The summed E-state index contributed by atoms with van der Waals surface area (Å²) < 4.78 is 45.0. The van der Waals surface area contributed by atoms with Crippen molar-refractivity contribution in [3.63, 3.8) is 0 Å². The zero-order valence-corrected chi connectivity index (χ0v) is 9.48. The van der Waals surface area contributed by atoms with Crippen molar-refractivity contribution >= 4 is 0 Å². The lowest BCUT2D eigenvalue weighted by atomic mass is 10.2. The summed E-state index contributed by atoms with van der Waals surface area (Å²) in [7, 11) is 0. The summed E-state index contributed by atoms with van der Waals surface area (Å²) in [6.45, 7) is 0. The molecule has 6 heteroatoms. The van der Waals surface area contributed by atoms with E-state index in [1.165, 1.54) is 24.3 Å². The summed E-state index contributed by atoms with van der Waals surface area (Å²) in [5.74, 6) is 0.136. The predicted molar refractivity (Wildman–Crippen MR) is 57.4 cm³/mol. The van der Waals surface area contributed by atoms with E-state index in [2.05, 4.69) is 4.74 Å². The highest BCUT2D eigenvalue weighted by molar-refractivity contribution is 5.31. The summed E-state index contributed by atoms with van der Waals surface area (Å²) >= 11 is 0. The largest absolute Gasteiger partial charge is 0.573 e. The molecule has 2 atom stereocenters. The molecule has 1 saturated carbocycles. The van der Waals surface area contributed by atoms with E-state index >= 15 is 0 Å². The van der Waals surface area contributed by atoms with E-state index in [0.717, 1.165) is 12.8 Å². The third-order valence-electron chi connectivity index (χ3n) is 2.76. The van der Waals surface area contributed by atoms with Crippen LogP contribution in [0.4, 0.5) is 13.2 Å². The normalized spacial score (nSPS) is 24.0. The molecule has 1 N–H and O–H groups in total. The Morgan fingerprint density at radius 2 is 1.67 bits per heavy atom. The molecule has 0 saturated heterocycles. The highest BCUT2D eigenvalue weighted by Crippen LogP contribution is 2.28. The van der Waals surface area contributed by atoms with Crippen LogP contribution in [-0.4, -0.2) is 23.7 Å². The smallest absolute Gasteiger partial charge is 0.488 e. The SMILES string of the molecule is OC1CCCC1Oc1ccc(OC(F)(F)F)cc1. The monoisotopic (exact) mass is 262 g/mol. The minimum Gasteiger partial charge on any atom is -0.488 e. The highest BCUT2D eigenvalue weighted by Gasteiger charge is 2.31. The summed E-state index contributed by atoms with van der Waals surface area (Å²) in [5.41, 5.74) is 0. The maximum absolute atomic E-state index is 11.9. The molecule has 1 aromatic rings. The van der Waals surface area contributed by atoms with Crippen LogP contribution in [0.2, 0.25) is 0 Å². The standard InChI is InChI=1S/C12H13F3O3/c13-12(14,15)18-9-6-4-8(5-7-9)17-11-3-1-2-10(11)16/h4-7,10-11,16H,1-3H2. The van der Waals surface area contributed by atoms with Gasteiger partial charge in [-0.2, -0.15) is 0 Å². The van der Waals surface area contributed by atoms with Gasteiger partial charge in [0.1, 0.15) is 17.6 Å². The third-order valence-corrected chi connectivity index (χ3v) is 2.76. The molecule has 2 unspecified atom stereocenters. The van der Waals surface area contributed by atoms with Crippen molar-refractivity contribution < 1.29 is 27.8 Å². The topological polar surface area (TPSA) is 38.7 Å². The van der Waals surface area contributed by atoms with Crippen LogP contribution in [0.15, 0.2) is 24.3 Å². The fourth-order valence-corrected chi connectivity index (χ4v) is 1.94. The molecule has 0 heterocycles. The molecule has 18 heavy (non-hydrogen) atoms. The van der Waals surface area contributed by atoms with Gasteiger partial charge in [-0.25, -0.2) is 0 Å². The molecular weight excluding hydrogens is 249 g/mol. The van der Waals surface area contributed by atoms with Gasteiger partial charge in [-0.05, 0) is 43.5 Å². The highest BCUT2D eigenvalue weighted by atomic mass is 19.4. The van der Waals surface area contributed by atoms with Crippen LogP contribution in [0.1, 0.15) is 19.3 Å². The molecule has 1 aromatic carbocycles.